The fourth-order valence-electron chi connectivity index (χ4n) is 1.19. The van der Waals surface area contributed by atoms with Gasteiger partial charge in [-0.15, -0.1) is 0 Å². The van der Waals surface area contributed by atoms with Crippen LogP contribution in [0, 0.1) is 0 Å². The van der Waals surface area contributed by atoms with Crippen molar-refractivity contribution in [1.82, 2.24) is 0 Å². The second-order valence-electron chi connectivity index (χ2n) is 3.31. The van der Waals surface area contributed by atoms with Crippen LogP contribution < -0.4 is 4.74 Å². The zero-order valence-electron chi connectivity index (χ0n) is 9.00. The predicted octanol–water partition coefficient (Wildman–Crippen LogP) is 3.32. The van der Waals surface area contributed by atoms with E-state index in [4.69, 9.17) is 27.9 Å². The minimum absolute atomic E-state index is 0.181. The highest BCUT2D eigenvalue weighted by atomic mass is 35.5. The molecule has 0 aromatic heterocycles. The molecule has 0 aliphatic carbocycles. The molecule has 1 aromatic carbocycles. The summed E-state index contributed by atoms with van der Waals surface area (Å²) in [6.07, 6.45) is -0.109. The van der Waals surface area contributed by atoms with Gasteiger partial charge in [0.2, 0.25) is 0 Å². The summed E-state index contributed by atoms with van der Waals surface area (Å²) < 4.78 is 10.0. The van der Waals surface area contributed by atoms with Gasteiger partial charge in [0.05, 0.1) is 13.5 Å². The van der Waals surface area contributed by atoms with E-state index in [2.05, 4.69) is 4.74 Å². The van der Waals surface area contributed by atoms with E-state index in [-0.39, 0.29) is 18.5 Å². The first-order chi connectivity index (χ1) is 7.51. The van der Waals surface area contributed by atoms with Crippen molar-refractivity contribution in [3.05, 3.63) is 28.2 Å². The first-order valence-electron chi connectivity index (χ1n) is 4.71. The Kier molecular flexibility index (Phi) is 4.90. The third-order valence-electron chi connectivity index (χ3n) is 1.86. The maximum atomic E-state index is 11.0. The number of benzene rings is 1. The van der Waals surface area contributed by atoms with E-state index >= 15 is 0 Å². The van der Waals surface area contributed by atoms with Crippen LogP contribution in [0.25, 0.3) is 0 Å². The smallest absolute Gasteiger partial charge is 0.309 e. The molecule has 0 bridgehead atoms. The Bertz CT molecular complexity index is 359. The molecule has 88 valence electrons. The van der Waals surface area contributed by atoms with Crippen LogP contribution in [0.15, 0.2) is 18.2 Å². The number of rotatable bonds is 4. The molecule has 0 heterocycles. The molecule has 0 fully saturated rings. The first-order valence-corrected chi connectivity index (χ1v) is 5.46. The molecule has 0 radical (unpaired) electrons. The van der Waals surface area contributed by atoms with E-state index in [1.165, 1.54) is 7.11 Å². The molecule has 3 nitrogen and oxygen atoms in total. The lowest BCUT2D eigenvalue weighted by Gasteiger charge is -2.13. The normalized spacial score (nSPS) is 12.0. The highest BCUT2D eigenvalue weighted by molar-refractivity contribution is 6.34. The van der Waals surface area contributed by atoms with Crippen LogP contribution in [-0.4, -0.2) is 19.2 Å². The summed E-state index contributed by atoms with van der Waals surface area (Å²) in [5, 5.41) is 0.987. The van der Waals surface area contributed by atoms with Gasteiger partial charge in [-0.05, 0) is 25.1 Å². The third-order valence-corrected chi connectivity index (χ3v) is 2.29. The number of halogens is 2. The topological polar surface area (TPSA) is 35.5 Å². The Balaban J connectivity index is 2.62. The number of ether oxygens (including phenoxy) is 2. The maximum Gasteiger partial charge on any atom is 0.309 e. The zero-order chi connectivity index (χ0) is 12.1. The quantitative estimate of drug-likeness (QED) is 0.781. The second kappa shape index (κ2) is 5.97. The van der Waals surface area contributed by atoms with E-state index in [0.29, 0.717) is 15.8 Å². The van der Waals surface area contributed by atoms with Gasteiger partial charge < -0.3 is 9.47 Å². The Labute approximate surface area is 104 Å². The van der Waals surface area contributed by atoms with Crippen LogP contribution in [0.5, 0.6) is 5.75 Å². The largest absolute Gasteiger partial charge is 0.490 e. The summed E-state index contributed by atoms with van der Waals surface area (Å²) >= 11 is 11.6. The standard InChI is InChI=1S/C11H12Cl2O3/c1-7(3-11(14)15-2)16-10-5-8(12)4-9(13)6-10/h4-7H,3H2,1-2H3. The van der Waals surface area contributed by atoms with Crippen molar-refractivity contribution >= 4 is 29.2 Å². The Hall–Kier alpha value is -0.930. The molecule has 1 aromatic rings. The molecule has 0 aliphatic heterocycles. The predicted molar refractivity (Wildman–Crippen MR) is 63.2 cm³/mol. The van der Waals surface area contributed by atoms with Gasteiger partial charge in [0.25, 0.3) is 0 Å². The Morgan fingerprint density at radius 2 is 1.88 bits per heavy atom. The summed E-state index contributed by atoms with van der Waals surface area (Å²) in [6, 6.07) is 4.89. The van der Waals surface area contributed by atoms with Gasteiger partial charge in [-0.2, -0.15) is 0 Å². The molecule has 0 spiro atoms. The van der Waals surface area contributed by atoms with Crippen LogP contribution in [0.2, 0.25) is 10.0 Å². The molecule has 1 unspecified atom stereocenters. The van der Waals surface area contributed by atoms with Crippen LogP contribution in [0.1, 0.15) is 13.3 Å². The highest BCUT2D eigenvalue weighted by Crippen LogP contribution is 2.25. The summed E-state index contributed by atoms with van der Waals surface area (Å²) in [5.41, 5.74) is 0. The molecule has 16 heavy (non-hydrogen) atoms. The zero-order valence-corrected chi connectivity index (χ0v) is 10.5. The van der Waals surface area contributed by atoms with Crippen LogP contribution in [0.3, 0.4) is 0 Å². The van der Waals surface area contributed by atoms with Crippen molar-refractivity contribution in [2.45, 2.75) is 19.4 Å². The molecular weight excluding hydrogens is 251 g/mol. The first kappa shape index (κ1) is 13.1. The van der Waals surface area contributed by atoms with Gasteiger partial charge in [-0.1, -0.05) is 23.2 Å². The molecule has 0 saturated heterocycles. The molecule has 0 N–H and O–H groups in total. The molecule has 0 saturated carbocycles. The molecular formula is C11H12Cl2O3. The maximum absolute atomic E-state index is 11.0. The minimum Gasteiger partial charge on any atom is -0.490 e. The van der Waals surface area contributed by atoms with E-state index in [1.807, 2.05) is 0 Å². The van der Waals surface area contributed by atoms with Crippen LogP contribution >= 0.6 is 23.2 Å². The van der Waals surface area contributed by atoms with Crippen molar-refractivity contribution in [3.63, 3.8) is 0 Å². The summed E-state index contributed by atoms with van der Waals surface area (Å²) in [4.78, 5) is 11.0. The Morgan fingerprint density at radius 1 is 1.31 bits per heavy atom. The van der Waals surface area contributed by atoms with E-state index in [1.54, 1.807) is 25.1 Å². The molecule has 0 aliphatic rings. The lowest BCUT2D eigenvalue weighted by Crippen LogP contribution is -2.17. The van der Waals surface area contributed by atoms with Crippen molar-refractivity contribution in [3.8, 4) is 5.75 Å². The summed E-state index contributed by atoms with van der Waals surface area (Å²) in [6.45, 7) is 1.77. The number of hydrogen-bond donors (Lipinski definition) is 0. The van der Waals surface area contributed by atoms with Crippen molar-refractivity contribution in [1.29, 1.82) is 0 Å². The van der Waals surface area contributed by atoms with E-state index < -0.39 is 0 Å². The monoisotopic (exact) mass is 262 g/mol. The highest BCUT2D eigenvalue weighted by Gasteiger charge is 2.11. The number of carbonyl (C=O) groups excluding carboxylic acids is 1. The third kappa shape index (κ3) is 4.29. The van der Waals surface area contributed by atoms with E-state index in [9.17, 15) is 4.79 Å². The van der Waals surface area contributed by atoms with Crippen molar-refractivity contribution < 1.29 is 14.3 Å². The number of esters is 1. The average molecular weight is 263 g/mol. The van der Waals surface area contributed by atoms with Gasteiger partial charge in [0.1, 0.15) is 11.9 Å². The Morgan fingerprint density at radius 3 is 2.38 bits per heavy atom. The number of methoxy groups -OCH3 is 1. The SMILES string of the molecule is COC(=O)CC(C)Oc1cc(Cl)cc(Cl)c1. The lowest BCUT2D eigenvalue weighted by molar-refractivity contribution is -0.142. The van der Waals surface area contributed by atoms with Crippen LogP contribution in [0.4, 0.5) is 0 Å². The molecule has 5 heteroatoms. The summed E-state index contributed by atoms with van der Waals surface area (Å²) in [5.74, 6) is 0.217. The minimum atomic E-state index is -0.319. The molecule has 1 rings (SSSR count). The van der Waals surface area contributed by atoms with Gasteiger partial charge in [-0.25, -0.2) is 0 Å². The van der Waals surface area contributed by atoms with Crippen molar-refractivity contribution in [2.75, 3.05) is 7.11 Å². The fraction of sp³-hybridized carbons (Fsp3) is 0.364. The lowest BCUT2D eigenvalue weighted by atomic mass is 10.3. The average Bonchev–Trinajstić information content (AvgIpc) is 2.15. The van der Waals surface area contributed by atoms with Gasteiger partial charge in [-0.3, -0.25) is 4.79 Å². The van der Waals surface area contributed by atoms with Gasteiger partial charge in [0, 0.05) is 10.0 Å². The molecule has 0 amide bonds. The fourth-order valence-corrected chi connectivity index (χ4v) is 1.69. The van der Waals surface area contributed by atoms with Crippen molar-refractivity contribution in [2.24, 2.45) is 0 Å². The number of carbonyl (C=O) groups is 1. The summed E-state index contributed by atoms with van der Waals surface area (Å²) in [7, 11) is 1.34. The molecule has 1 atom stereocenters. The van der Waals surface area contributed by atoms with Crippen LogP contribution in [-0.2, 0) is 9.53 Å². The van der Waals surface area contributed by atoms with Gasteiger partial charge in [0.15, 0.2) is 0 Å². The number of hydrogen-bond acceptors (Lipinski definition) is 3. The van der Waals surface area contributed by atoms with E-state index in [0.717, 1.165) is 0 Å². The second-order valence-corrected chi connectivity index (χ2v) is 4.19. The van der Waals surface area contributed by atoms with Gasteiger partial charge >= 0.3 is 5.97 Å².